The number of rotatable bonds is 11. The van der Waals surface area contributed by atoms with Gasteiger partial charge in [-0.05, 0) is 66.9 Å². The van der Waals surface area contributed by atoms with E-state index >= 15 is 0 Å². The van der Waals surface area contributed by atoms with Gasteiger partial charge in [0.1, 0.15) is 23.9 Å². The molecule has 0 bridgehead atoms. The lowest BCUT2D eigenvalue weighted by atomic mass is 10.0. The van der Waals surface area contributed by atoms with E-state index in [2.05, 4.69) is 0 Å². The third-order valence-electron chi connectivity index (χ3n) is 7.61. The number of hydrogen-bond acceptors (Lipinski definition) is 9. The number of ether oxygens (including phenoxy) is 4. The van der Waals surface area contributed by atoms with E-state index in [-0.39, 0.29) is 25.1 Å². The highest BCUT2D eigenvalue weighted by Gasteiger charge is 2.28. The van der Waals surface area contributed by atoms with Crippen LogP contribution in [-0.4, -0.2) is 44.9 Å². The molecule has 0 fully saturated rings. The van der Waals surface area contributed by atoms with Gasteiger partial charge >= 0.3 is 11.9 Å². The Balaban J connectivity index is 1.56. The lowest BCUT2D eigenvalue weighted by molar-refractivity contribution is -0.645. The second-order valence-electron chi connectivity index (χ2n) is 10.8. The van der Waals surface area contributed by atoms with Crippen molar-refractivity contribution in [2.75, 3.05) is 20.0 Å². The minimum atomic E-state index is -4.42. The van der Waals surface area contributed by atoms with Gasteiger partial charge in [-0.2, -0.15) is 4.57 Å². The van der Waals surface area contributed by atoms with Crippen LogP contribution in [0.5, 0.6) is 17.2 Å². The smallest absolute Gasteiger partial charge is 0.345 e. The van der Waals surface area contributed by atoms with Crippen molar-refractivity contribution in [2.45, 2.75) is 33.4 Å². The molecule has 0 spiro atoms. The number of methoxy groups -OCH3 is 2. The van der Waals surface area contributed by atoms with Crippen molar-refractivity contribution in [1.29, 1.82) is 0 Å². The molecule has 0 unspecified atom stereocenters. The highest BCUT2D eigenvalue weighted by Crippen LogP contribution is 2.33. The van der Waals surface area contributed by atoms with E-state index in [4.69, 9.17) is 18.9 Å². The summed E-state index contributed by atoms with van der Waals surface area (Å²) in [5, 5.41) is 0.984. The number of carbonyl (C=O) groups excluding carboxylic acids is 2. The second kappa shape index (κ2) is 13.6. The maximum absolute atomic E-state index is 14.2. The molecule has 5 aromatic rings. The third kappa shape index (κ3) is 7.11. The molecule has 0 N–H and O–H groups in total. The van der Waals surface area contributed by atoms with Crippen LogP contribution in [0, 0.1) is 13.8 Å². The Labute approximate surface area is 266 Å². The number of fused-ring (bicyclic) bond motifs is 2. The summed E-state index contributed by atoms with van der Waals surface area (Å²) in [6, 6.07) is 23.0. The zero-order valence-electron chi connectivity index (χ0n) is 25.9. The van der Waals surface area contributed by atoms with Crippen LogP contribution in [0.25, 0.3) is 21.8 Å². The Morgan fingerprint density at radius 1 is 0.783 bits per heavy atom. The molecule has 0 radical (unpaired) electrons. The van der Waals surface area contributed by atoms with Gasteiger partial charge in [0.15, 0.2) is 6.54 Å². The molecule has 10 nitrogen and oxygen atoms in total. The van der Waals surface area contributed by atoms with Gasteiger partial charge in [-0.25, -0.2) is 18.0 Å². The van der Waals surface area contributed by atoms with Crippen LogP contribution in [0.1, 0.15) is 43.8 Å². The Bertz CT molecular complexity index is 1970. The maximum atomic E-state index is 14.2. The van der Waals surface area contributed by atoms with E-state index in [1.807, 2.05) is 34.9 Å². The second-order valence-corrected chi connectivity index (χ2v) is 12.3. The molecule has 1 aromatic heterocycles. The molecule has 0 aliphatic heterocycles. The molecule has 0 atom stereocenters. The highest BCUT2D eigenvalue weighted by atomic mass is 32.2. The SMILES string of the molecule is COc1ccc2c(c1)c(C(=O)Oc1c(C)cc(C(=O)OCc3ccccc3)cc1C)c1cc(OC)ccc1[n+]2CCCS(=O)(=O)[O-]. The molecule has 4 aromatic carbocycles. The number of benzene rings is 4. The lowest BCUT2D eigenvalue weighted by Gasteiger charge is -2.16. The van der Waals surface area contributed by atoms with Crippen LogP contribution in [0.3, 0.4) is 0 Å². The Kier molecular flexibility index (Phi) is 9.54. The number of hydrogen-bond donors (Lipinski definition) is 0. The van der Waals surface area contributed by atoms with Crippen LogP contribution in [0.4, 0.5) is 0 Å². The van der Waals surface area contributed by atoms with Crippen molar-refractivity contribution in [3.63, 3.8) is 0 Å². The van der Waals surface area contributed by atoms with Gasteiger partial charge < -0.3 is 23.5 Å². The number of aromatic nitrogens is 1. The first-order chi connectivity index (χ1) is 22.0. The fraction of sp³-hybridized carbons (Fsp3) is 0.229. The fourth-order valence-electron chi connectivity index (χ4n) is 5.47. The summed E-state index contributed by atoms with van der Waals surface area (Å²) in [6.45, 7) is 3.81. The zero-order chi connectivity index (χ0) is 33.0. The Morgan fingerprint density at radius 3 is 1.87 bits per heavy atom. The maximum Gasteiger partial charge on any atom is 0.345 e. The molecule has 0 aliphatic rings. The molecular formula is C35H33NO9S. The number of esters is 2. The highest BCUT2D eigenvalue weighted by molar-refractivity contribution is 7.85. The van der Waals surface area contributed by atoms with E-state index in [0.29, 0.717) is 55.7 Å². The summed E-state index contributed by atoms with van der Waals surface area (Å²) < 4.78 is 58.4. The number of nitrogens with zero attached hydrogens (tertiary/aromatic N) is 1. The van der Waals surface area contributed by atoms with Crippen LogP contribution >= 0.6 is 0 Å². The zero-order valence-corrected chi connectivity index (χ0v) is 26.7. The first kappa shape index (κ1) is 32.4. The van der Waals surface area contributed by atoms with Gasteiger partial charge in [-0.3, -0.25) is 0 Å². The van der Waals surface area contributed by atoms with Crippen molar-refractivity contribution in [3.05, 3.63) is 107 Å². The topological polar surface area (TPSA) is 132 Å². The Morgan fingerprint density at radius 2 is 1.35 bits per heavy atom. The quantitative estimate of drug-likeness (QED) is 0.0608. The molecule has 0 aliphatic carbocycles. The van der Waals surface area contributed by atoms with Crippen molar-refractivity contribution in [1.82, 2.24) is 0 Å². The van der Waals surface area contributed by atoms with Gasteiger partial charge in [-0.15, -0.1) is 0 Å². The average molecular weight is 644 g/mol. The van der Waals surface area contributed by atoms with E-state index in [1.54, 1.807) is 62.4 Å². The van der Waals surface area contributed by atoms with Crippen LogP contribution < -0.4 is 18.8 Å². The minimum Gasteiger partial charge on any atom is -0.748 e. The fourth-order valence-corrected chi connectivity index (χ4v) is 5.95. The van der Waals surface area contributed by atoms with Gasteiger partial charge in [0.05, 0.1) is 46.2 Å². The number of pyridine rings is 1. The standard InChI is InChI=1S/C35H33NO9S/c1-22-17-25(34(37)44-21-24-9-6-5-7-10-24)18-23(2)33(22)45-35(38)32-28-19-26(42-3)11-13-30(28)36(15-8-16-46(39,40)41)31-14-12-27(43-4)20-29(31)32/h5-7,9-14,17-20H,8,15-16,21H2,1-4H3. The molecule has 11 heteroatoms. The molecule has 46 heavy (non-hydrogen) atoms. The van der Waals surface area contributed by atoms with E-state index in [1.165, 1.54) is 14.2 Å². The predicted molar refractivity (Wildman–Crippen MR) is 170 cm³/mol. The molecule has 238 valence electrons. The first-order valence-corrected chi connectivity index (χ1v) is 16.1. The van der Waals surface area contributed by atoms with Crippen LogP contribution in [-0.2, 0) is 28.0 Å². The van der Waals surface area contributed by atoms with E-state index < -0.39 is 27.8 Å². The van der Waals surface area contributed by atoms with Gasteiger partial charge in [0.2, 0.25) is 11.0 Å². The monoisotopic (exact) mass is 643 g/mol. The lowest BCUT2D eigenvalue weighted by Crippen LogP contribution is -2.37. The van der Waals surface area contributed by atoms with Crippen LogP contribution in [0.2, 0.25) is 0 Å². The molecule has 0 saturated carbocycles. The normalized spacial score (nSPS) is 11.4. The van der Waals surface area contributed by atoms with Crippen molar-refractivity contribution in [2.24, 2.45) is 0 Å². The van der Waals surface area contributed by atoms with Crippen molar-refractivity contribution in [3.8, 4) is 17.2 Å². The van der Waals surface area contributed by atoms with Crippen LogP contribution in [0.15, 0.2) is 78.9 Å². The van der Waals surface area contributed by atoms with Crippen molar-refractivity contribution < 1.29 is 46.1 Å². The molecular weight excluding hydrogens is 610 g/mol. The molecule has 1 heterocycles. The summed E-state index contributed by atoms with van der Waals surface area (Å²) in [6.07, 6.45) is 0.0705. The predicted octanol–water partition coefficient (Wildman–Crippen LogP) is 5.43. The first-order valence-electron chi connectivity index (χ1n) is 14.5. The summed E-state index contributed by atoms with van der Waals surface area (Å²) in [4.78, 5) is 27.0. The van der Waals surface area contributed by atoms with Gasteiger partial charge in [0.25, 0.3) is 0 Å². The van der Waals surface area contributed by atoms with Gasteiger partial charge in [0, 0.05) is 24.3 Å². The van der Waals surface area contributed by atoms with Gasteiger partial charge in [-0.1, -0.05) is 30.3 Å². The molecule has 5 rings (SSSR count). The van der Waals surface area contributed by atoms with E-state index in [9.17, 15) is 22.6 Å². The summed E-state index contributed by atoms with van der Waals surface area (Å²) >= 11 is 0. The summed E-state index contributed by atoms with van der Waals surface area (Å²) in [5.74, 6) is -0.411. The largest absolute Gasteiger partial charge is 0.748 e. The summed E-state index contributed by atoms with van der Waals surface area (Å²) in [5.41, 5.74) is 3.78. The molecule has 0 amide bonds. The summed E-state index contributed by atoms with van der Waals surface area (Å²) in [7, 11) is -1.40. The average Bonchev–Trinajstić information content (AvgIpc) is 3.04. The number of aryl methyl sites for hydroxylation is 3. The number of carbonyl (C=O) groups is 2. The molecule has 0 saturated heterocycles. The Hall–Kier alpha value is -5.00. The van der Waals surface area contributed by atoms with Crippen molar-refractivity contribution >= 4 is 43.9 Å². The van der Waals surface area contributed by atoms with E-state index in [0.717, 1.165) is 5.56 Å². The minimum absolute atomic E-state index is 0.0705. The third-order valence-corrected chi connectivity index (χ3v) is 8.40.